The third-order valence-corrected chi connectivity index (χ3v) is 2.95. The zero-order chi connectivity index (χ0) is 14.4. The number of hydrazine groups is 1. The summed E-state index contributed by atoms with van der Waals surface area (Å²) in [5, 5.41) is 1.15. The first kappa shape index (κ1) is 15.3. The summed E-state index contributed by atoms with van der Waals surface area (Å²) in [6, 6.07) is 7.49. The molecule has 4 nitrogen and oxygen atoms in total. The lowest BCUT2D eigenvalue weighted by Gasteiger charge is -2.13. The number of benzene rings is 1. The maximum atomic E-state index is 12.0. The number of hydrogen-bond acceptors (Lipinski definition) is 2. The van der Waals surface area contributed by atoms with Crippen molar-refractivity contribution in [3.8, 4) is 0 Å². The summed E-state index contributed by atoms with van der Waals surface area (Å²) in [4.78, 5) is 23.8. The van der Waals surface area contributed by atoms with E-state index in [0.29, 0.717) is 0 Å². The van der Waals surface area contributed by atoms with Gasteiger partial charge in [0.05, 0.1) is 7.85 Å². The van der Waals surface area contributed by atoms with Gasteiger partial charge in [-0.2, -0.15) is 0 Å². The van der Waals surface area contributed by atoms with E-state index in [2.05, 4.69) is 5.43 Å². The molecule has 1 aromatic rings. The molecule has 2 amide bonds. The Morgan fingerprint density at radius 3 is 2.42 bits per heavy atom. The van der Waals surface area contributed by atoms with Gasteiger partial charge in [-0.1, -0.05) is 45.0 Å². The molecule has 2 rings (SSSR count). The van der Waals surface area contributed by atoms with Crippen LogP contribution in [0.3, 0.4) is 0 Å². The maximum Gasteiger partial charge on any atom is 0.257 e. The van der Waals surface area contributed by atoms with E-state index in [-0.39, 0.29) is 18.3 Å². The lowest BCUT2D eigenvalue weighted by molar-refractivity contribution is -0.129. The summed E-state index contributed by atoms with van der Waals surface area (Å²) in [6.07, 6.45) is 0.783. The van der Waals surface area contributed by atoms with E-state index in [9.17, 15) is 9.59 Å². The summed E-state index contributed by atoms with van der Waals surface area (Å²) in [5.74, 6) is -1.34. The highest BCUT2D eigenvalue weighted by Gasteiger charge is 2.40. The Labute approximate surface area is 115 Å². The number of aryl methyl sites for hydroxylation is 1. The number of carbonyl (C=O) groups excluding carboxylic acids is 2. The molecule has 1 aromatic carbocycles. The molecule has 1 aliphatic heterocycles. The minimum Gasteiger partial charge on any atom is -0.272 e. The van der Waals surface area contributed by atoms with E-state index >= 15 is 0 Å². The SMILES string of the molecule is CC.[B]CN1NC(=O)C(c2ccccc2CC)C1=O. The molecule has 2 radical (unpaired) electrons. The fourth-order valence-corrected chi connectivity index (χ4v) is 2.07. The van der Waals surface area contributed by atoms with Crippen molar-refractivity contribution >= 4 is 19.7 Å². The fourth-order valence-electron chi connectivity index (χ4n) is 2.07. The van der Waals surface area contributed by atoms with E-state index in [1.807, 2.05) is 45.0 Å². The summed E-state index contributed by atoms with van der Waals surface area (Å²) >= 11 is 0. The second kappa shape index (κ2) is 6.97. The molecule has 0 saturated carbocycles. The van der Waals surface area contributed by atoms with Crippen molar-refractivity contribution in [1.29, 1.82) is 0 Å². The molecule has 100 valence electrons. The first-order valence-corrected chi connectivity index (χ1v) is 6.58. The van der Waals surface area contributed by atoms with E-state index in [1.54, 1.807) is 0 Å². The van der Waals surface area contributed by atoms with E-state index in [0.717, 1.165) is 22.6 Å². The van der Waals surface area contributed by atoms with Gasteiger partial charge in [0.25, 0.3) is 11.8 Å². The molecule has 1 saturated heterocycles. The molecule has 0 aliphatic carbocycles. The van der Waals surface area contributed by atoms with Gasteiger partial charge in [-0.3, -0.25) is 20.0 Å². The van der Waals surface area contributed by atoms with Crippen LogP contribution < -0.4 is 5.43 Å². The smallest absolute Gasteiger partial charge is 0.257 e. The highest BCUT2D eigenvalue weighted by atomic mass is 16.2. The van der Waals surface area contributed by atoms with Crippen LogP contribution in [-0.4, -0.2) is 31.1 Å². The normalized spacial score (nSPS) is 17.8. The molecular formula is C14H19BN2O2. The van der Waals surface area contributed by atoms with Crippen molar-refractivity contribution in [3.05, 3.63) is 35.4 Å². The van der Waals surface area contributed by atoms with Crippen molar-refractivity contribution in [2.45, 2.75) is 33.1 Å². The molecule has 1 aliphatic rings. The zero-order valence-corrected chi connectivity index (χ0v) is 11.6. The number of nitrogens with one attached hydrogen (secondary N) is 1. The molecule has 1 fully saturated rings. The van der Waals surface area contributed by atoms with Gasteiger partial charge in [0.15, 0.2) is 0 Å². The molecule has 0 aromatic heterocycles. The fraction of sp³-hybridized carbons (Fsp3) is 0.429. The zero-order valence-electron chi connectivity index (χ0n) is 11.6. The molecule has 19 heavy (non-hydrogen) atoms. The number of nitrogens with zero attached hydrogens (tertiary/aromatic N) is 1. The van der Waals surface area contributed by atoms with Gasteiger partial charge in [-0.15, -0.1) is 0 Å². The van der Waals surface area contributed by atoms with Gasteiger partial charge in [-0.05, 0) is 17.5 Å². The molecule has 1 N–H and O–H groups in total. The predicted molar refractivity (Wildman–Crippen MR) is 75.5 cm³/mol. The van der Waals surface area contributed by atoms with Crippen LogP contribution >= 0.6 is 0 Å². The van der Waals surface area contributed by atoms with Crippen molar-refractivity contribution in [1.82, 2.24) is 10.4 Å². The van der Waals surface area contributed by atoms with E-state index < -0.39 is 5.92 Å². The average molecular weight is 258 g/mol. The van der Waals surface area contributed by atoms with Crippen LogP contribution in [-0.2, 0) is 16.0 Å². The second-order valence-corrected chi connectivity index (χ2v) is 3.91. The standard InChI is InChI=1S/C12H13BN2O2.C2H6/c1-2-8-5-3-4-6-9(8)10-11(16)14-15(7-13)12(10)17;1-2/h3-6,10H,2,7H2,1H3,(H,14,16);1-2H3. The van der Waals surface area contributed by atoms with Gasteiger partial charge in [0, 0.05) is 6.44 Å². The molecule has 1 atom stereocenters. The molecule has 0 spiro atoms. The van der Waals surface area contributed by atoms with Crippen molar-refractivity contribution in [2.24, 2.45) is 0 Å². The van der Waals surface area contributed by atoms with Gasteiger partial charge in [0.1, 0.15) is 5.92 Å². The molecule has 1 unspecified atom stereocenters. The lowest BCUT2D eigenvalue weighted by Crippen LogP contribution is -2.36. The van der Waals surface area contributed by atoms with Crippen molar-refractivity contribution in [3.63, 3.8) is 0 Å². The topological polar surface area (TPSA) is 49.4 Å². The molecule has 1 heterocycles. The Hall–Kier alpha value is -1.78. The molecule has 5 heteroatoms. The highest BCUT2D eigenvalue weighted by molar-refractivity contribution is 6.15. The summed E-state index contributed by atoms with van der Waals surface area (Å²) in [7, 11) is 5.39. The first-order valence-electron chi connectivity index (χ1n) is 6.58. The van der Waals surface area contributed by atoms with E-state index in [4.69, 9.17) is 7.85 Å². The van der Waals surface area contributed by atoms with Crippen LogP contribution in [0.1, 0.15) is 37.8 Å². The quantitative estimate of drug-likeness (QED) is 0.657. The highest BCUT2D eigenvalue weighted by Crippen LogP contribution is 2.26. The largest absolute Gasteiger partial charge is 0.272 e. The monoisotopic (exact) mass is 258 g/mol. The van der Waals surface area contributed by atoms with Crippen LogP contribution in [0.2, 0.25) is 0 Å². The van der Waals surface area contributed by atoms with Gasteiger partial charge in [0.2, 0.25) is 0 Å². The number of amides is 2. The lowest BCUT2D eigenvalue weighted by atomic mass is 9.92. The number of rotatable bonds is 3. The first-order chi connectivity index (χ1) is 9.19. The van der Waals surface area contributed by atoms with Crippen molar-refractivity contribution in [2.75, 3.05) is 6.44 Å². The van der Waals surface area contributed by atoms with Crippen LogP contribution in [0.4, 0.5) is 0 Å². The Morgan fingerprint density at radius 1 is 1.26 bits per heavy atom. The summed E-state index contributed by atoms with van der Waals surface area (Å²) < 4.78 is 0. The Morgan fingerprint density at radius 2 is 1.89 bits per heavy atom. The second-order valence-electron chi connectivity index (χ2n) is 3.91. The predicted octanol–water partition coefficient (Wildman–Crippen LogP) is 1.36. The van der Waals surface area contributed by atoms with Crippen LogP contribution in [0, 0.1) is 0 Å². The van der Waals surface area contributed by atoms with Crippen LogP contribution in [0.15, 0.2) is 24.3 Å². The number of carbonyl (C=O) groups is 2. The third-order valence-electron chi connectivity index (χ3n) is 2.95. The van der Waals surface area contributed by atoms with Gasteiger partial charge >= 0.3 is 0 Å². The summed E-state index contributed by atoms with van der Waals surface area (Å²) in [6.45, 7) is 6.00. The molecule has 0 bridgehead atoms. The van der Waals surface area contributed by atoms with Crippen molar-refractivity contribution < 1.29 is 9.59 Å². The third kappa shape index (κ3) is 2.97. The minimum atomic E-state index is -0.755. The Bertz CT molecular complexity index is 463. The minimum absolute atomic E-state index is 0.00460. The van der Waals surface area contributed by atoms with Crippen LogP contribution in [0.5, 0.6) is 0 Å². The van der Waals surface area contributed by atoms with Gasteiger partial charge in [-0.25, -0.2) is 0 Å². The Kier molecular flexibility index (Phi) is 5.61. The van der Waals surface area contributed by atoms with Crippen LogP contribution in [0.25, 0.3) is 0 Å². The Balaban J connectivity index is 0.000000861. The van der Waals surface area contributed by atoms with E-state index in [1.165, 1.54) is 0 Å². The summed E-state index contributed by atoms with van der Waals surface area (Å²) in [5.41, 5.74) is 4.26. The average Bonchev–Trinajstić information content (AvgIpc) is 2.75. The number of hydrogen-bond donors (Lipinski definition) is 1. The molecular weight excluding hydrogens is 239 g/mol. The maximum absolute atomic E-state index is 12.0. The van der Waals surface area contributed by atoms with Gasteiger partial charge < -0.3 is 0 Å².